The highest BCUT2D eigenvalue weighted by Crippen LogP contribution is 2.42. The van der Waals surface area contributed by atoms with Crippen LogP contribution in [-0.4, -0.2) is 49.8 Å². The van der Waals surface area contributed by atoms with Crippen molar-refractivity contribution in [3.8, 4) is 11.5 Å². The first-order valence-electron chi connectivity index (χ1n) is 9.23. The molecule has 1 saturated heterocycles. The standard InChI is InChI=1S/C19H23N3O5S/c1-26-14-5-6-15(18(9-14)27-2)20-19(23)16-10-17(12-3-4-12)22(21-16)13-7-8-28(24,25)11-13/h5-6,9-10,12-13H,3-4,7-8,11H2,1-2H3,(H,20,23)/t13-/m0/s1. The predicted octanol–water partition coefficient (Wildman–Crippen LogP) is 2.39. The van der Waals surface area contributed by atoms with Gasteiger partial charge < -0.3 is 14.8 Å². The molecule has 1 aromatic carbocycles. The SMILES string of the molecule is COc1ccc(NC(=O)c2cc(C3CC3)n([C@H]3CCS(=O)(=O)C3)n2)c(OC)c1. The number of aromatic nitrogens is 2. The van der Waals surface area contributed by atoms with Crippen molar-refractivity contribution >= 4 is 21.4 Å². The Kier molecular flexibility index (Phi) is 4.78. The number of carbonyl (C=O) groups is 1. The lowest BCUT2D eigenvalue weighted by Gasteiger charge is -2.12. The maximum absolute atomic E-state index is 12.8. The van der Waals surface area contributed by atoms with Crippen molar-refractivity contribution in [1.29, 1.82) is 0 Å². The van der Waals surface area contributed by atoms with E-state index < -0.39 is 9.84 Å². The van der Waals surface area contributed by atoms with Gasteiger partial charge in [-0.2, -0.15) is 5.10 Å². The van der Waals surface area contributed by atoms with Gasteiger partial charge in [0.05, 0.1) is 37.5 Å². The summed E-state index contributed by atoms with van der Waals surface area (Å²) in [5.41, 5.74) is 1.75. The third kappa shape index (κ3) is 3.71. The zero-order valence-corrected chi connectivity index (χ0v) is 16.7. The van der Waals surface area contributed by atoms with Gasteiger partial charge in [0.1, 0.15) is 11.5 Å². The molecule has 2 aliphatic rings. The quantitative estimate of drug-likeness (QED) is 0.792. The summed E-state index contributed by atoms with van der Waals surface area (Å²) in [6.07, 6.45) is 2.62. The molecule has 8 nitrogen and oxygen atoms in total. The van der Waals surface area contributed by atoms with Crippen LogP contribution in [0.1, 0.15) is 47.4 Å². The van der Waals surface area contributed by atoms with Gasteiger partial charge in [-0.3, -0.25) is 9.48 Å². The van der Waals surface area contributed by atoms with Gasteiger partial charge in [0, 0.05) is 17.7 Å². The Hall–Kier alpha value is -2.55. The lowest BCUT2D eigenvalue weighted by Crippen LogP contribution is -2.17. The first kappa shape index (κ1) is 18.8. The molecular weight excluding hydrogens is 382 g/mol. The van der Waals surface area contributed by atoms with Crippen molar-refractivity contribution in [2.75, 3.05) is 31.0 Å². The maximum atomic E-state index is 12.8. The number of rotatable bonds is 6. The zero-order chi connectivity index (χ0) is 19.9. The molecule has 4 rings (SSSR count). The molecule has 28 heavy (non-hydrogen) atoms. The van der Waals surface area contributed by atoms with E-state index in [4.69, 9.17) is 9.47 Å². The number of hydrogen-bond donors (Lipinski definition) is 1. The molecule has 2 heterocycles. The number of methoxy groups -OCH3 is 2. The highest BCUT2D eigenvalue weighted by Gasteiger charge is 2.36. The fraction of sp³-hybridized carbons (Fsp3) is 0.474. The van der Waals surface area contributed by atoms with E-state index in [1.54, 1.807) is 36.1 Å². The fourth-order valence-electron chi connectivity index (χ4n) is 3.55. The second kappa shape index (κ2) is 7.12. The molecular formula is C19H23N3O5S. The van der Waals surface area contributed by atoms with Crippen molar-refractivity contribution in [2.45, 2.75) is 31.2 Å². The number of amides is 1. The topological polar surface area (TPSA) is 99.5 Å². The van der Waals surface area contributed by atoms with Gasteiger partial charge in [0.15, 0.2) is 15.5 Å². The average Bonchev–Trinajstić information content (AvgIpc) is 3.32. The molecule has 0 bridgehead atoms. The number of benzene rings is 1. The predicted molar refractivity (Wildman–Crippen MR) is 104 cm³/mol. The first-order valence-corrected chi connectivity index (χ1v) is 11.1. The van der Waals surface area contributed by atoms with Gasteiger partial charge in [-0.05, 0) is 37.5 Å². The van der Waals surface area contributed by atoms with Crippen LogP contribution in [0, 0.1) is 0 Å². The van der Waals surface area contributed by atoms with Crippen molar-refractivity contribution in [1.82, 2.24) is 9.78 Å². The molecule has 9 heteroatoms. The molecule has 150 valence electrons. The summed E-state index contributed by atoms with van der Waals surface area (Å²) in [4.78, 5) is 12.8. The van der Waals surface area contributed by atoms with E-state index in [2.05, 4.69) is 10.4 Å². The van der Waals surface area contributed by atoms with Gasteiger partial charge in [0.2, 0.25) is 0 Å². The second-order valence-corrected chi connectivity index (χ2v) is 9.48. The fourth-order valence-corrected chi connectivity index (χ4v) is 5.24. The Labute approximate surface area is 163 Å². The molecule has 1 aliphatic heterocycles. The highest BCUT2D eigenvalue weighted by atomic mass is 32.2. The van der Waals surface area contributed by atoms with E-state index in [-0.39, 0.29) is 29.1 Å². The molecule has 0 spiro atoms. The number of hydrogen-bond acceptors (Lipinski definition) is 6. The van der Waals surface area contributed by atoms with Gasteiger partial charge in [-0.1, -0.05) is 0 Å². The number of nitrogens with one attached hydrogen (secondary N) is 1. The minimum Gasteiger partial charge on any atom is -0.497 e. The monoisotopic (exact) mass is 405 g/mol. The molecule has 1 amide bonds. The summed E-state index contributed by atoms with van der Waals surface area (Å²) in [7, 11) is 0.0460. The Bertz CT molecular complexity index is 1010. The molecule has 1 aromatic heterocycles. The van der Waals surface area contributed by atoms with Crippen LogP contribution in [0.5, 0.6) is 11.5 Å². The van der Waals surface area contributed by atoms with E-state index in [0.717, 1.165) is 18.5 Å². The molecule has 1 atom stereocenters. The molecule has 1 N–H and O–H groups in total. The summed E-state index contributed by atoms with van der Waals surface area (Å²) in [5.74, 6) is 1.36. The van der Waals surface area contributed by atoms with E-state index >= 15 is 0 Å². The Morgan fingerprint density at radius 1 is 1.18 bits per heavy atom. The molecule has 1 saturated carbocycles. The zero-order valence-electron chi connectivity index (χ0n) is 15.8. The van der Waals surface area contributed by atoms with Crippen LogP contribution in [0.3, 0.4) is 0 Å². The molecule has 0 unspecified atom stereocenters. The third-order valence-corrected chi connectivity index (χ3v) is 6.95. The Morgan fingerprint density at radius 2 is 1.96 bits per heavy atom. The smallest absolute Gasteiger partial charge is 0.276 e. The summed E-state index contributed by atoms with van der Waals surface area (Å²) in [6, 6.07) is 6.71. The van der Waals surface area contributed by atoms with Crippen LogP contribution in [0.15, 0.2) is 24.3 Å². The minimum absolute atomic E-state index is 0.0851. The number of sulfone groups is 1. The largest absolute Gasteiger partial charge is 0.497 e. The van der Waals surface area contributed by atoms with Gasteiger partial charge in [0.25, 0.3) is 5.91 Å². The Morgan fingerprint density at radius 3 is 2.57 bits per heavy atom. The van der Waals surface area contributed by atoms with E-state index in [1.807, 2.05) is 0 Å². The van der Waals surface area contributed by atoms with Crippen molar-refractivity contribution in [3.05, 3.63) is 35.7 Å². The number of ether oxygens (including phenoxy) is 2. The third-order valence-electron chi connectivity index (χ3n) is 5.20. The van der Waals surface area contributed by atoms with Crippen molar-refractivity contribution < 1.29 is 22.7 Å². The average molecular weight is 405 g/mol. The maximum Gasteiger partial charge on any atom is 0.276 e. The minimum atomic E-state index is -3.03. The lowest BCUT2D eigenvalue weighted by atomic mass is 10.2. The molecule has 2 fully saturated rings. The van der Waals surface area contributed by atoms with E-state index in [9.17, 15) is 13.2 Å². The summed E-state index contributed by atoms with van der Waals surface area (Å²) in [6.45, 7) is 0. The lowest BCUT2D eigenvalue weighted by molar-refractivity contribution is 0.102. The summed E-state index contributed by atoms with van der Waals surface area (Å²) < 4.78 is 36.0. The van der Waals surface area contributed by atoms with Crippen LogP contribution in [0.25, 0.3) is 0 Å². The van der Waals surface area contributed by atoms with Crippen LogP contribution in [0.4, 0.5) is 5.69 Å². The number of carbonyl (C=O) groups excluding carboxylic acids is 1. The number of nitrogens with zero attached hydrogens (tertiary/aromatic N) is 2. The molecule has 0 radical (unpaired) electrons. The highest BCUT2D eigenvalue weighted by molar-refractivity contribution is 7.91. The summed E-state index contributed by atoms with van der Waals surface area (Å²) in [5, 5.41) is 7.30. The van der Waals surface area contributed by atoms with Crippen LogP contribution in [-0.2, 0) is 9.84 Å². The number of anilines is 1. The van der Waals surface area contributed by atoms with Crippen molar-refractivity contribution in [2.24, 2.45) is 0 Å². The normalized spacial score (nSPS) is 20.7. The van der Waals surface area contributed by atoms with Gasteiger partial charge >= 0.3 is 0 Å². The molecule has 1 aliphatic carbocycles. The van der Waals surface area contributed by atoms with Crippen LogP contribution < -0.4 is 14.8 Å². The van der Waals surface area contributed by atoms with Crippen LogP contribution >= 0.6 is 0 Å². The second-order valence-electron chi connectivity index (χ2n) is 7.25. The van der Waals surface area contributed by atoms with Gasteiger partial charge in [-0.15, -0.1) is 0 Å². The van der Waals surface area contributed by atoms with E-state index in [0.29, 0.717) is 29.5 Å². The molecule has 2 aromatic rings. The van der Waals surface area contributed by atoms with Crippen LogP contribution in [0.2, 0.25) is 0 Å². The van der Waals surface area contributed by atoms with E-state index in [1.165, 1.54) is 7.11 Å². The van der Waals surface area contributed by atoms with Gasteiger partial charge in [-0.25, -0.2) is 8.42 Å². The first-order chi connectivity index (χ1) is 13.4. The Balaban J connectivity index is 1.59. The van der Waals surface area contributed by atoms with Crippen molar-refractivity contribution in [3.63, 3.8) is 0 Å². The summed E-state index contributed by atoms with van der Waals surface area (Å²) >= 11 is 0.